The number of sulfonamides is 1. The molecule has 8 nitrogen and oxygen atoms in total. The van der Waals surface area contributed by atoms with Crippen LogP contribution in [0.15, 0.2) is 41.4 Å². The molecule has 0 radical (unpaired) electrons. The number of carbonyl (C=O) groups is 2. The average molecular weight is 391 g/mol. The van der Waals surface area contributed by atoms with Gasteiger partial charge in [-0.15, -0.1) is 0 Å². The van der Waals surface area contributed by atoms with Gasteiger partial charge in [0.05, 0.1) is 10.5 Å². The van der Waals surface area contributed by atoms with Gasteiger partial charge in [0.2, 0.25) is 10.0 Å². The molecule has 0 spiro atoms. The van der Waals surface area contributed by atoms with E-state index in [-0.39, 0.29) is 21.8 Å². The second kappa shape index (κ2) is 8.28. The first-order chi connectivity index (χ1) is 12.7. The van der Waals surface area contributed by atoms with Gasteiger partial charge in [-0.2, -0.15) is 4.31 Å². The molecule has 0 saturated carbocycles. The van der Waals surface area contributed by atoms with E-state index < -0.39 is 21.9 Å². The highest BCUT2D eigenvalue weighted by atomic mass is 32.2. The lowest BCUT2D eigenvalue weighted by Crippen LogP contribution is -2.31. The van der Waals surface area contributed by atoms with Gasteiger partial charge < -0.3 is 10.4 Å². The third-order valence-corrected chi connectivity index (χ3v) is 6.20. The highest BCUT2D eigenvalue weighted by molar-refractivity contribution is 7.89. The van der Waals surface area contributed by atoms with Crippen LogP contribution in [0.5, 0.6) is 0 Å². The SMILES string of the molecule is CCN(CC)S(=O)(=O)c1cc(NC(=O)c2cc(C(=O)O)ccn2)ccc1C. The smallest absolute Gasteiger partial charge is 0.335 e. The Morgan fingerprint density at radius 1 is 1.15 bits per heavy atom. The van der Waals surface area contributed by atoms with Gasteiger partial charge in [0, 0.05) is 25.0 Å². The molecule has 2 rings (SSSR count). The summed E-state index contributed by atoms with van der Waals surface area (Å²) in [6, 6.07) is 7.00. The Bertz CT molecular complexity index is 969. The van der Waals surface area contributed by atoms with Crippen molar-refractivity contribution in [3.05, 3.63) is 53.3 Å². The minimum Gasteiger partial charge on any atom is -0.478 e. The van der Waals surface area contributed by atoms with Crippen molar-refractivity contribution in [2.75, 3.05) is 18.4 Å². The van der Waals surface area contributed by atoms with Crippen LogP contribution < -0.4 is 5.32 Å². The van der Waals surface area contributed by atoms with Crippen molar-refractivity contribution < 1.29 is 23.1 Å². The molecule has 9 heteroatoms. The van der Waals surface area contributed by atoms with Gasteiger partial charge in [-0.1, -0.05) is 19.9 Å². The molecule has 0 bridgehead atoms. The van der Waals surface area contributed by atoms with Crippen molar-refractivity contribution >= 4 is 27.6 Å². The van der Waals surface area contributed by atoms with Gasteiger partial charge in [-0.3, -0.25) is 9.78 Å². The van der Waals surface area contributed by atoms with E-state index in [2.05, 4.69) is 10.3 Å². The normalized spacial score (nSPS) is 11.4. The fraction of sp³-hybridized carbons (Fsp3) is 0.278. The zero-order valence-electron chi connectivity index (χ0n) is 15.3. The first kappa shape index (κ1) is 20.5. The molecule has 0 aliphatic rings. The Morgan fingerprint density at radius 3 is 2.41 bits per heavy atom. The fourth-order valence-corrected chi connectivity index (χ4v) is 4.25. The van der Waals surface area contributed by atoms with E-state index in [0.717, 1.165) is 6.07 Å². The molecule has 0 aliphatic carbocycles. The Morgan fingerprint density at radius 2 is 1.81 bits per heavy atom. The van der Waals surface area contributed by atoms with Gasteiger partial charge in [0.1, 0.15) is 5.69 Å². The summed E-state index contributed by atoms with van der Waals surface area (Å²) >= 11 is 0. The number of anilines is 1. The highest BCUT2D eigenvalue weighted by Crippen LogP contribution is 2.24. The van der Waals surface area contributed by atoms with Crippen LogP contribution in [0.25, 0.3) is 0 Å². The molecule has 1 aromatic heterocycles. The number of nitrogens with one attached hydrogen (secondary N) is 1. The van der Waals surface area contributed by atoms with Gasteiger partial charge >= 0.3 is 5.97 Å². The lowest BCUT2D eigenvalue weighted by atomic mass is 10.2. The number of carboxylic acids is 1. The summed E-state index contributed by atoms with van der Waals surface area (Å²) in [4.78, 5) is 27.3. The van der Waals surface area contributed by atoms with Crippen LogP contribution >= 0.6 is 0 Å². The second-order valence-electron chi connectivity index (χ2n) is 5.76. The minimum absolute atomic E-state index is 0.0659. The number of carbonyl (C=O) groups excluding carboxylic acids is 1. The summed E-state index contributed by atoms with van der Waals surface area (Å²) in [7, 11) is -3.68. The van der Waals surface area contributed by atoms with Crippen LogP contribution in [0.1, 0.15) is 40.3 Å². The van der Waals surface area contributed by atoms with E-state index in [9.17, 15) is 18.0 Å². The molecule has 0 unspecified atom stereocenters. The Hall–Kier alpha value is -2.78. The van der Waals surface area contributed by atoms with Crippen LogP contribution in [0.2, 0.25) is 0 Å². The molecule has 0 atom stereocenters. The number of aryl methyl sites for hydroxylation is 1. The summed E-state index contributed by atoms with van der Waals surface area (Å²) in [5.74, 6) is -1.80. The average Bonchev–Trinajstić information content (AvgIpc) is 2.64. The number of benzene rings is 1. The Labute approximate surface area is 157 Å². The van der Waals surface area contributed by atoms with Crippen molar-refractivity contribution in [1.82, 2.24) is 9.29 Å². The topological polar surface area (TPSA) is 117 Å². The third-order valence-electron chi connectivity index (χ3n) is 4.01. The molecule has 2 aromatic rings. The zero-order valence-corrected chi connectivity index (χ0v) is 16.1. The van der Waals surface area contributed by atoms with Crippen LogP contribution in [0.3, 0.4) is 0 Å². The molecule has 2 N–H and O–H groups in total. The summed E-state index contributed by atoms with van der Waals surface area (Å²) in [5, 5.41) is 11.6. The first-order valence-corrected chi connectivity index (χ1v) is 9.76. The van der Waals surface area contributed by atoms with Crippen molar-refractivity contribution in [1.29, 1.82) is 0 Å². The lowest BCUT2D eigenvalue weighted by molar-refractivity contribution is 0.0696. The second-order valence-corrected chi connectivity index (χ2v) is 7.66. The standard InChI is InChI=1S/C18H21N3O5S/c1-4-21(5-2)27(25,26)16-11-14(7-6-12(16)3)20-17(22)15-10-13(18(23)24)8-9-19-15/h6-11H,4-5H2,1-3H3,(H,20,22)(H,23,24). The van der Waals surface area contributed by atoms with Crippen molar-refractivity contribution in [2.24, 2.45) is 0 Å². The first-order valence-electron chi connectivity index (χ1n) is 8.32. The minimum atomic E-state index is -3.68. The predicted octanol–water partition coefficient (Wildman–Crippen LogP) is 2.37. The molecule has 1 amide bonds. The molecular formula is C18H21N3O5S. The van der Waals surface area contributed by atoms with Crippen LogP contribution in [0, 0.1) is 6.92 Å². The number of hydrogen-bond donors (Lipinski definition) is 2. The lowest BCUT2D eigenvalue weighted by Gasteiger charge is -2.20. The number of aromatic carboxylic acids is 1. The van der Waals surface area contributed by atoms with Gasteiger partial charge in [0.25, 0.3) is 5.91 Å². The monoisotopic (exact) mass is 391 g/mol. The maximum Gasteiger partial charge on any atom is 0.335 e. The number of pyridine rings is 1. The van der Waals surface area contributed by atoms with E-state index in [0.29, 0.717) is 18.7 Å². The number of nitrogens with zero attached hydrogens (tertiary/aromatic N) is 2. The molecule has 0 fully saturated rings. The molecule has 0 aliphatic heterocycles. The Kier molecular flexibility index (Phi) is 6.29. The van der Waals surface area contributed by atoms with Crippen LogP contribution in [0.4, 0.5) is 5.69 Å². The van der Waals surface area contributed by atoms with E-state index in [1.54, 1.807) is 32.9 Å². The van der Waals surface area contributed by atoms with Gasteiger partial charge in [0.15, 0.2) is 0 Å². The Balaban J connectivity index is 2.35. The maximum atomic E-state index is 12.8. The van der Waals surface area contributed by atoms with Gasteiger partial charge in [-0.25, -0.2) is 13.2 Å². The van der Waals surface area contributed by atoms with Crippen molar-refractivity contribution in [3.8, 4) is 0 Å². The fourth-order valence-electron chi connectivity index (χ4n) is 2.54. The zero-order chi connectivity index (χ0) is 20.2. The number of carboxylic acid groups (broad SMARTS) is 1. The third kappa shape index (κ3) is 4.50. The largest absolute Gasteiger partial charge is 0.478 e. The van der Waals surface area contributed by atoms with Crippen LogP contribution in [-0.4, -0.2) is 47.8 Å². The highest BCUT2D eigenvalue weighted by Gasteiger charge is 2.24. The molecule has 27 heavy (non-hydrogen) atoms. The number of aromatic nitrogens is 1. The van der Waals surface area contributed by atoms with Crippen molar-refractivity contribution in [3.63, 3.8) is 0 Å². The number of rotatable bonds is 7. The predicted molar refractivity (Wildman–Crippen MR) is 100 cm³/mol. The number of amides is 1. The van der Waals surface area contributed by atoms with E-state index in [1.807, 2.05) is 0 Å². The molecule has 144 valence electrons. The number of hydrogen-bond acceptors (Lipinski definition) is 5. The van der Waals surface area contributed by atoms with E-state index in [1.165, 1.54) is 22.6 Å². The summed E-state index contributed by atoms with van der Waals surface area (Å²) < 4.78 is 26.9. The molecule has 1 heterocycles. The molecular weight excluding hydrogens is 370 g/mol. The summed E-state index contributed by atoms with van der Waals surface area (Å²) in [6.07, 6.45) is 1.23. The quantitative estimate of drug-likeness (QED) is 0.748. The molecule has 0 saturated heterocycles. The van der Waals surface area contributed by atoms with E-state index >= 15 is 0 Å². The van der Waals surface area contributed by atoms with Crippen molar-refractivity contribution in [2.45, 2.75) is 25.7 Å². The van der Waals surface area contributed by atoms with E-state index in [4.69, 9.17) is 5.11 Å². The van der Waals surface area contributed by atoms with Crippen LogP contribution in [-0.2, 0) is 10.0 Å². The molecule has 1 aromatic carbocycles. The maximum absolute atomic E-state index is 12.8. The summed E-state index contributed by atoms with van der Waals surface area (Å²) in [6.45, 7) is 5.85. The summed E-state index contributed by atoms with van der Waals surface area (Å²) in [5.41, 5.74) is 0.692. The van der Waals surface area contributed by atoms with Gasteiger partial charge in [-0.05, 0) is 36.8 Å².